The molecule has 0 radical (unpaired) electrons. The van der Waals surface area contributed by atoms with Gasteiger partial charge in [0.05, 0.1) is 0 Å². The van der Waals surface area contributed by atoms with Crippen molar-refractivity contribution in [3.63, 3.8) is 0 Å². The molecule has 0 unspecified atom stereocenters. The van der Waals surface area contributed by atoms with Crippen LogP contribution in [0.25, 0.3) is 11.0 Å². The Morgan fingerprint density at radius 3 is 2.65 bits per heavy atom. The standard InChI is InChI=1S/C18H21NO4/c1-12-7-9-19(10-8-12)17(20)13(2)22-18(21)16-11-14-5-3-4-6-15(14)23-16/h3-6,11-13H,7-10H2,1-2H3/t13-/m1/s1. The molecule has 1 fully saturated rings. The number of esters is 1. The minimum atomic E-state index is -0.802. The van der Waals surface area contributed by atoms with Crippen LogP contribution in [0.2, 0.25) is 0 Å². The Balaban J connectivity index is 1.63. The van der Waals surface area contributed by atoms with Gasteiger partial charge in [0.1, 0.15) is 5.58 Å². The molecule has 2 heterocycles. The molecule has 0 saturated carbocycles. The van der Waals surface area contributed by atoms with Crippen LogP contribution in [0.1, 0.15) is 37.2 Å². The highest BCUT2D eigenvalue weighted by Gasteiger charge is 2.27. The second-order valence-electron chi connectivity index (χ2n) is 6.20. The fourth-order valence-electron chi connectivity index (χ4n) is 2.84. The van der Waals surface area contributed by atoms with E-state index in [0.717, 1.165) is 31.3 Å². The Labute approximate surface area is 135 Å². The van der Waals surface area contributed by atoms with Crippen LogP contribution in [0.3, 0.4) is 0 Å². The van der Waals surface area contributed by atoms with Crippen molar-refractivity contribution in [3.05, 3.63) is 36.1 Å². The lowest BCUT2D eigenvalue weighted by molar-refractivity contribution is -0.141. The van der Waals surface area contributed by atoms with E-state index in [4.69, 9.17) is 9.15 Å². The predicted octanol–water partition coefficient (Wildman–Crippen LogP) is 3.24. The molecule has 0 spiro atoms. The largest absolute Gasteiger partial charge is 0.449 e. The summed E-state index contributed by atoms with van der Waals surface area (Å²) < 4.78 is 10.8. The molecule has 2 aromatic rings. The van der Waals surface area contributed by atoms with Crippen LogP contribution in [0.15, 0.2) is 34.7 Å². The third-order valence-corrected chi connectivity index (χ3v) is 4.35. The van der Waals surface area contributed by atoms with Crippen LogP contribution in [0.5, 0.6) is 0 Å². The van der Waals surface area contributed by atoms with E-state index in [1.807, 2.05) is 18.2 Å². The van der Waals surface area contributed by atoms with Crippen LogP contribution in [-0.2, 0) is 9.53 Å². The number of likely N-dealkylation sites (tertiary alicyclic amines) is 1. The summed E-state index contributed by atoms with van der Waals surface area (Å²) >= 11 is 0. The van der Waals surface area contributed by atoms with E-state index in [2.05, 4.69) is 6.92 Å². The van der Waals surface area contributed by atoms with Gasteiger partial charge in [-0.1, -0.05) is 25.1 Å². The Morgan fingerprint density at radius 1 is 1.26 bits per heavy atom. The van der Waals surface area contributed by atoms with Crippen molar-refractivity contribution in [1.82, 2.24) is 4.90 Å². The quantitative estimate of drug-likeness (QED) is 0.816. The maximum atomic E-state index is 12.4. The maximum Gasteiger partial charge on any atom is 0.375 e. The van der Waals surface area contributed by atoms with E-state index in [0.29, 0.717) is 11.5 Å². The smallest absolute Gasteiger partial charge is 0.375 e. The molecule has 0 aliphatic carbocycles. The molecule has 1 aliphatic heterocycles. The lowest BCUT2D eigenvalue weighted by Gasteiger charge is -2.31. The Kier molecular flexibility index (Phi) is 4.37. The Hall–Kier alpha value is -2.30. The zero-order chi connectivity index (χ0) is 16.4. The highest BCUT2D eigenvalue weighted by Crippen LogP contribution is 2.21. The summed E-state index contributed by atoms with van der Waals surface area (Å²) in [5, 5.41) is 0.837. The number of fused-ring (bicyclic) bond motifs is 1. The van der Waals surface area contributed by atoms with Gasteiger partial charge < -0.3 is 14.1 Å². The molecule has 1 aromatic carbocycles. The summed E-state index contributed by atoms with van der Waals surface area (Å²) in [6, 6.07) is 8.99. The van der Waals surface area contributed by atoms with E-state index in [9.17, 15) is 9.59 Å². The molecule has 5 heteroatoms. The third-order valence-electron chi connectivity index (χ3n) is 4.35. The molecule has 122 valence electrons. The summed E-state index contributed by atoms with van der Waals surface area (Å²) in [5.41, 5.74) is 0.628. The molecule has 1 aromatic heterocycles. The minimum absolute atomic E-state index is 0.123. The number of para-hydroxylation sites is 1. The van der Waals surface area contributed by atoms with Gasteiger partial charge in [0.2, 0.25) is 5.76 Å². The normalized spacial score (nSPS) is 17.2. The van der Waals surface area contributed by atoms with Crippen molar-refractivity contribution in [1.29, 1.82) is 0 Å². The maximum absolute atomic E-state index is 12.4. The van der Waals surface area contributed by atoms with Gasteiger partial charge in [-0.25, -0.2) is 4.79 Å². The van der Waals surface area contributed by atoms with Gasteiger partial charge in [-0.3, -0.25) is 4.79 Å². The molecule has 3 rings (SSSR count). The van der Waals surface area contributed by atoms with E-state index in [1.54, 1.807) is 24.0 Å². The predicted molar refractivity (Wildman–Crippen MR) is 86.1 cm³/mol. The molecule has 1 atom stereocenters. The Bertz CT molecular complexity index is 680. The number of carbonyl (C=O) groups excluding carboxylic acids is 2. The number of piperidine rings is 1. The molecular formula is C18H21NO4. The second-order valence-corrected chi connectivity index (χ2v) is 6.20. The van der Waals surface area contributed by atoms with Gasteiger partial charge in [-0.15, -0.1) is 0 Å². The highest BCUT2D eigenvalue weighted by molar-refractivity contribution is 5.94. The number of hydrogen-bond acceptors (Lipinski definition) is 4. The second kappa shape index (κ2) is 6.44. The number of amides is 1. The average Bonchev–Trinajstić information content (AvgIpc) is 2.99. The number of carbonyl (C=O) groups is 2. The van der Waals surface area contributed by atoms with Crippen LogP contribution >= 0.6 is 0 Å². The van der Waals surface area contributed by atoms with Crippen LogP contribution in [0.4, 0.5) is 0 Å². The molecule has 23 heavy (non-hydrogen) atoms. The first-order valence-corrected chi connectivity index (χ1v) is 8.03. The molecule has 5 nitrogen and oxygen atoms in total. The van der Waals surface area contributed by atoms with Gasteiger partial charge in [0, 0.05) is 18.5 Å². The average molecular weight is 315 g/mol. The summed E-state index contributed by atoms with van der Waals surface area (Å²) in [4.78, 5) is 26.3. The van der Waals surface area contributed by atoms with Crippen LogP contribution in [0, 0.1) is 5.92 Å². The van der Waals surface area contributed by atoms with Crippen LogP contribution in [-0.4, -0.2) is 36.0 Å². The Morgan fingerprint density at radius 2 is 1.96 bits per heavy atom. The minimum Gasteiger partial charge on any atom is -0.449 e. The molecule has 0 bridgehead atoms. The van der Waals surface area contributed by atoms with Gasteiger partial charge in [-0.2, -0.15) is 0 Å². The molecule has 1 saturated heterocycles. The molecular weight excluding hydrogens is 294 g/mol. The first-order valence-electron chi connectivity index (χ1n) is 8.03. The van der Waals surface area contributed by atoms with Crippen LogP contribution < -0.4 is 0 Å². The molecule has 0 N–H and O–H groups in total. The number of ether oxygens (including phenoxy) is 1. The zero-order valence-electron chi connectivity index (χ0n) is 13.5. The summed E-state index contributed by atoms with van der Waals surface area (Å²) in [6.45, 7) is 5.26. The number of benzene rings is 1. The van der Waals surface area contributed by atoms with Crippen molar-refractivity contribution in [2.24, 2.45) is 5.92 Å². The highest BCUT2D eigenvalue weighted by atomic mass is 16.6. The van der Waals surface area contributed by atoms with E-state index in [-0.39, 0.29) is 11.7 Å². The lowest BCUT2D eigenvalue weighted by Crippen LogP contribution is -2.44. The summed E-state index contributed by atoms with van der Waals surface area (Å²) in [5.74, 6) is 0.0272. The number of nitrogens with zero attached hydrogens (tertiary/aromatic N) is 1. The fraction of sp³-hybridized carbons (Fsp3) is 0.444. The van der Waals surface area contributed by atoms with Crippen molar-refractivity contribution in [2.75, 3.05) is 13.1 Å². The van der Waals surface area contributed by atoms with Crippen molar-refractivity contribution >= 4 is 22.8 Å². The SMILES string of the molecule is CC1CCN(C(=O)[C@@H](C)OC(=O)c2cc3ccccc3o2)CC1. The molecule has 1 aliphatic rings. The van der Waals surface area contributed by atoms with E-state index < -0.39 is 12.1 Å². The molecule has 1 amide bonds. The monoisotopic (exact) mass is 315 g/mol. The van der Waals surface area contributed by atoms with Crippen molar-refractivity contribution < 1.29 is 18.7 Å². The van der Waals surface area contributed by atoms with Crippen molar-refractivity contribution in [3.8, 4) is 0 Å². The first-order chi connectivity index (χ1) is 11.0. The number of furan rings is 1. The third kappa shape index (κ3) is 3.38. The van der Waals surface area contributed by atoms with Gasteiger partial charge in [0.15, 0.2) is 6.10 Å². The van der Waals surface area contributed by atoms with Gasteiger partial charge in [0.25, 0.3) is 5.91 Å². The summed E-state index contributed by atoms with van der Waals surface area (Å²) in [6.07, 6.45) is 1.19. The first kappa shape index (κ1) is 15.6. The van der Waals surface area contributed by atoms with Gasteiger partial charge >= 0.3 is 5.97 Å². The fourth-order valence-corrected chi connectivity index (χ4v) is 2.84. The van der Waals surface area contributed by atoms with Gasteiger partial charge in [-0.05, 0) is 37.8 Å². The van der Waals surface area contributed by atoms with Crippen molar-refractivity contribution in [2.45, 2.75) is 32.8 Å². The zero-order valence-corrected chi connectivity index (χ0v) is 13.5. The topological polar surface area (TPSA) is 59.8 Å². The van der Waals surface area contributed by atoms with E-state index >= 15 is 0 Å². The van der Waals surface area contributed by atoms with E-state index in [1.165, 1.54) is 0 Å². The number of rotatable bonds is 3. The lowest BCUT2D eigenvalue weighted by atomic mass is 9.99. The summed E-state index contributed by atoms with van der Waals surface area (Å²) in [7, 11) is 0. The number of hydrogen-bond donors (Lipinski definition) is 0.